The van der Waals surface area contributed by atoms with E-state index in [1.54, 1.807) is 35.3 Å². The van der Waals surface area contributed by atoms with Crippen LogP contribution in [0.4, 0.5) is 4.39 Å². The van der Waals surface area contributed by atoms with Crippen LogP contribution in [0.3, 0.4) is 0 Å². The zero-order valence-corrected chi connectivity index (χ0v) is 11.1. The first kappa shape index (κ1) is 13.5. The molecule has 0 saturated carbocycles. The minimum absolute atomic E-state index is 0.170. The van der Waals surface area contributed by atoms with Gasteiger partial charge in [0.25, 0.3) is 0 Å². The summed E-state index contributed by atoms with van der Waals surface area (Å²) in [5.74, 6) is 0.340. The quantitative estimate of drug-likeness (QED) is 0.902. The predicted octanol–water partition coefficient (Wildman–Crippen LogP) is 2.64. The predicted molar refractivity (Wildman–Crippen MR) is 71.2 cm³/mol. The molecule has 0 aliphatic carbocycles. The highest BCUT2D eigenvalue weighted by molar-refractivity contribution is 5.26. The number of benzene rings is 1. The van der Waals surface area contributed by atoms with Crippen LogP contribution < -0.4 is 10.5 Å². The number of hydrogen-bond acceptors (Lipinski definition) is 3. The minimum Gasteiger partial charge on any atom is -0.486 e. The summed E-state index contributed by atoms with van der Waals surface area (Å²) in [7, 11) is 0. The van der Waals surface area contributed by atoms with Crippen molar-refractivity contribution >= 4 is 0 Å². The average molecular weight is 263 g/mol. The zero-order valence-electron chi connectivity index (χ0n) is 11.1. The van der Waals surface area contributed by atoms with Gasteiger partial charge >= 0.3 is 0 Å². The van der Waals surface area contributed by atoms with Crippen LogP contribution in [-0.4, -0.2) is 9.78 Å². The summed E-state index contributed by atoms with van der Waals surface area (Å²) < 4.78 is 21.3. The fourth-order valence-corrected chi connectivity index (χ4v) is 1.74. The monoisotopic (exact) mass is 263 g/mol. The molecule has 4 nitrogen and oxygen atoms in total. The molecule has 19 heavy (non-hydrogen) atoms. The molecule has 0 aliphatic rings. The Labute approximate surface area is 112 Å². The van der Waals surface area contributed by atoms with Crippen molar-refractivity contribution in [2.75, 3.05) is 0 Å². The van der Waals surface area contributed by atoms with Crippen LogP contribution in [0.1, 0.15) is 31.0 Å². The molecule has 0 unspecified atom stereocenters. The maximum absolute atomic E-state index is 13.9. The fraction of sp³-hybridized carbons (Fsp3) is 0.357. The first-order valence-corrected chi connectivity index (χ1v) is 6.25. The lowest BCUT2D eigenvalue weighted by Gasteiger charge is -2.08. The molecule has 0 amide bonds. The SMILES string of the molecule is CC(C)n1cc(OCc2cccc(CN)c2F)cn1. The van der Waals surface area contributed by atoms with Gasteiger partial charge in [0.1, 0.15) is 12.4 Å². The van der Waals surface area contributed by atoms with E-state index in [2.05, 4.69) is 5.10 Å². The molecule has 1 heterocycles. The van der Waals surface area contributed by atoms with Crippen molar-refractivity contribution in [3.8, 4) is 5.75 Å². The Morgan fingerprint density at radius 1 is 1.37 bits per heavy atom. The molecule has 0 radical (unpaired) electrons. The summed E-state index contributed by atoms with van der Waals surface area (Å²) in [4.78, 5) is 0. The summed E-state index contributed by atoms with van der Waals surface area (Å²) in [6.07, 6.45) is 3.43. The van der Waals surface area contributed by atoms with Crippen LogP contribution in [0, 0.1) is 5.82 Å². The summed E-state index contributed by atoms with van der Waals surface area (Å²) in [5, 5.41) is 4.16. The molecule has 0 bridgehead atoms. The van der Waals surface area contributed by atoms with Gasteiger partial charge < -0.3 is 10.5 Å². The molecule has 0 fully saturated rings. The maximum Gasteiger partial charge on any atom is 0.157 e. The molecule has 2 rings (SSSR count). The average Bonchev–Trinajstić information content (AvgIpc) is 2.86. The molecule has 1 aromatic heterocycles. The molecule has 2 aromatic rings. The molecule has 5 heteroatoms. The lowest BCUT2D eigenvalue weighted by Crippen LogP contribution is -2.05. The van der Waals surface area contributed by atoms with E-state index in [0.29, 0.717) is 16.9 Å². The van der Waals surface area contributed by atoms with Crippen molar-refractivity contribution in [3.05, 3.63) is 47.5 Å². The van der Waals surface area contributed by atoms with Gasteiger partial charge in [0.05, 0.1) is 12.4 Å². The molecule has 2 N–H and O–H groups in total. The van der Waals surface area contributed by atoms with Crippen LogP contribution in [0.15, 0.2) is 30.6 Å². The van der Waals surface area contributed by atoms with Crippen molar-refractivity contribution in [2.24, 2.45) is 5.73 Å². The molecular formula is C14H18FN3O. The van der Waals surface area contributed by atoms with Crippen LogP contribution in [0.5, 0.6) is 5.75 Å². The van der Waals surface area contributed by atoms with Gasteiger partial charge in [-0.25, -0.2) is 4.39 Å². The number of nitrogens with zero attached hydrogens (tertiary/aromatic N) is 2. The zero-order chi connectivity index (χ0) is 13.8. The Morgan fingerprint density at radius 2 is 2.11 bits per heavy atom. The summed E-state index contributed by atoms with van der Waals surface area (Å²) in [6, 6.07) is 5.42. The standard InChI is InChI=1S/C14H18FN3O/c1-10(2)18-8-13(7-17-18)19-9-12-5-3-4-11(6-16)14(12)15/h3-5,7-8,10H,6,9,16H2,1-2H3. The van der Waals surface area contributed by atoms with E-state index in [1.807, 2.05) is 13.8 Å². The van der Waals surface area contributed by atoms with Gasteiger partial charge in [0.15, 0.2) is 5.75 Å². The fourth-order valence-electron chi connectivity index (χ4n) is 1.74. The summed E-state index contributed by atoms with van der Waals surface area (Å²) in [6.45, 7) is 4.41. The second-order valence-electron chi connectivity index (χ2n) is 4.63. The van der Waals surface area contributed by atoms with Crippen molar-refractivity contribution in [2.45, 2.75) is 33.0 Å². The molecular weight excluding hydrogens is 245 g/mol. The number of hydrogen-bond donors (Lipinski definition) is 1. The molecule has 0 atom stereocenters. The maximum atomic E-state index is 13.9. The molecule has 0 aliphatic heterocycles. The highest BCUT2D eigenvalue weighted by atomic mass is 19.1. The van der Waals surface area contributed by atoms with E-state index in [0.717, 1.165) is 0 Å². The van der Waals surface area contributed by atoms with E-state index in [9.17, 15) is 4.39 Å². The summed E-state index contributed by atoms with van der Waals surface area (Å²) >= 11 is 0. The first-order chi connectivity index (χ1) is 9.11. The normalized spacial score (nSPS) is 11.0. The third kappa shape index (κ3) is 3.12. The van der Waals surface area contributed by atoms with E-state index >= 15 is 0 Å². The lowest BCUT2D eigenvalue weighted by molar-refractivity contribution is 0.298. The lowest BCUT2D eigenvalue weighted by atomic mass is 10.1. The Kier molecular flexibility index (Phi) is 4.16. The summed E-state index contributed by atoms with van der Waals surface area (Å²) in [5.41, 5.74) is 6.47. The number of rotatable bonds is 5. The van der Waals surface area contributed by atoms with Crippen molar-refractivity contribution in [1.82, 2.24) is 9.78 Å². The number of nitrogens with two attached hydrogens (primary N) is 1. The second-order valence-corrected chi connectivity index (χ2v) is 4.63. The van der Waals surface area contributed by atoms with Gasteiger partial charge in [0.2, 0.25) is 0 Å². The highest BCUT2D eigenvalue weighted by Crippen LogP contribution is 2.17. The highest BCUT2D eigenvalue weighted by Gasteiger charge is 2.08. The van der Waals surface area contributed by atoms with E-state index in [4.69, 9.17) is 10.5 Å². The van der Waals surface area contributed by atoms with Crippen molar-refractivity contribution in [3.63, 3.8) is 0 Å². The Morgan fingerprint density at radius 3 is 2.74 bits per heavy atom. The third-order valence-corrected chi connectivity index (χ3v) is 2.88. The topological polar surface area (TPSA) is 53.1 Å². The van der Waals surface area contributed by atoms with Gasteiger partial charge in [0, 0.05) is 23.7 Å². The Balaban J connectivity index is 2.06. The van der Waals surface area contributed by atoms with Gasteiger partial charge in [-0.15, -0.1) is 0 Å². The molecule has 102 valence electrons. The van der Waals surface area contributed by atoms with Crippen LogP contribution in [-0.2, 0) is 13.2 Å². The third-order valence-electron chi connectivity index (χ3n) is 2.88. The van der Waals surface area contributed by atoms with Crippen LogP contribution in [0.25, 0.3) is 0 Å². The Bertz CT molecular complexity index is 551. The van der Waals surface area contributed by atoms with E-state index in [-0.39, 0.29) is 25.0 Å². The minimum atomic E-state index is -0.291. The smallest absolute Gasteiger partial charge is 0.157 e. The number of halogens is 1. The van der Waals surface area contributed by atoms with Crippen molar-refractivity contribution in [1.29, 1.82) is 0 Å². The van der Waals surface area contributed by atoms with Gasteiger partial charge in [-0.2, -0.15) is 5.10 Å². The number of ether oxygens (including phenoxy) is 1. The van der Waals surface area contributed by atoms with Gasteiger partial charge in [-0.1, -0.05) is 18.2 Å². The van der Waals surface area contributed by atoms with E-state index < -0.39 is 0 Å². The van der Waals surface area contributed by atoms with Gasteiger partial charge in [-0.3, -0.25) is 4.68 Å². The molecule has 0 spiro atoms. The Hall–Kier alpha value is -1.88. The van der Waals surface area contributed by atoms with E-state index in [1.165, 1.54) is 0 Å². The van der Waals surface area contributed by atoms with Gasteiger partial charge in [-0.05, 0) is 13.8 Å². The largest absolute Gasteiger partial charge is 0.486 e. The van der Waals surface area contributed by atoms with Crippen LogP contribution >= 0.6 is 0 Å². The second kappa shape index (κ2) is 5.84. The van der Waals surface area contributed by atoms with Crippen LogP contribution in [0.2, 0.25) is 0 Å². The first-order valence-electron chi connectivity index (χ1n) is 6.25. The number of aromatic nitrogens is 2. The van der Waals surface area contributed by atoms with Crippen molar-refractivity contribution < 1.29 is 9.13 Å². The molecule has 0 saturated heterocycles. The molecule has 1 aromatic carbocycles.